The van der Waals surface area contributed by atoms with Crippen LogP contribution < -0.4 is 15.0 Å². The Balaban J connectivity index is 1.24. The summed E-state index contributed by atoms with van der Waals surface area (Å²) in [5.74, 6) is -0.558. The van der Waals surface area contributed by atoms with Crippen molar-refractivity contribution in [3.8, 4) is 11.8 Å². The van der Waals surface area contributed by atoms with Crippen LogP contribution in [0.25, 0.3) is 0 Å². The van der Waals surface area contributed by atoms with Gasteiger partial charge >= 0.3 is 0 Å². The topological polar surface area (TPSA) is 78.5 Å². The highest BCUT2D eigenvalue weighted by Crippen LogP contribution is 2.25. The molecular formula is C24H21F2N3O3. The van der Waals surface area contributed by atoms with Crippen molar-refractivity contribution in [1.82, 2.24) is 5.32 Å². The summed E-state index contributed by atoms with van der Waals surface area (Å²) in [4.78, 5) is 14.4. The minimum atomic E-state index is -0.865. The third kappa shape index (κ3) is 5.06. The molecule has 2 aromatic carbocycles. The molecule has 6 nitrogen and oxygen atoms in total. The SMILES string of the molecule is N#Cc1ccc(OCc2ccc(C(=O)NCC3CCN(c4ccc(F)c(F)c4)C3)o2)cc1. The molecule has 164 valence electrons. The van der Waals surface area contributed by atoms with Crippen molar-refractivity contribution < 1.29 is 22.7 Å². The van der Waals surface area contributed by atoms with Crippen molar-refractivity contribution in [3.63, 3.8) is 0 Å². The molecule has 8 heteroatoms. The molecule has 0 spiro atoms. The smallest absolute Gasteiger partial charge is 0.287 e. The van der Waals surface area contributed by atoms with Crippen LogP contribution in [0.1, 0.15) is 28.3 Å². The Bertz CT molecular complexity index is 1140. The summed E-state index contributed by atoms with van der Waals surface area (Å²) in [6.45, 7) is 1.97. The van der Waals surface area contributed by atoms with Gasteiger partial charge in [0.15, 0.2) is 17.4 Å². The molecule has 1 amide bonds. The molecule has 1 atom stereocenters. The van der Waals surface area contributed by atoms with E-state index in [9.17, 15) is 13.6 Å². The van der Waals surface area contributed by atoms with E-state index in [0.717, 1.165) is 12.5 Å². The summed E-state index contributed by atoms with van der Waals surface area (Å²) in [7, 11) is 0. The van der Waals surface area contributed by atoms with E-state index in [2.05, 4.69) is 5.32 Å². The zero-order chi connectivity index (χ0) is 22.5. The maximum Gasteiger partial charge on any atom is 0.287 e. The van der Waals surface area contributed by atoms with Crippen molar-refractivity contribution in [2.75, 3.05) is 24.5 Å². The average molecular weight is 437 g/mol. The quantitative estimate of drug-likeness (QED) is 0.598. The summed E-state index contributed by atoms with van der Waals surface area (Å²) >= 11 is 0. The first-order chi connectivity index (χ1) is 15.5. The predicted octanol–water partition coefficient (Wildman–Crippen LogP) is 4.26. The van der Waals surface area contributed by atoms with E-state index in [-0.39, 0.29) is 24.2 Å². The van der Waals surface area contributed by atoms with Gasteiger partial charge in [0, 0.05) is 31.4 Å². The fraction of sp³-hybridized carbons (Fsp3) is 0.250. The van der Waals surface area contributed by atoms with Crippen molar-refractivity contribution in [2.45, 2.75) is 13.0 Å². The van der Waals surface area contributed by atoms with Crippen LogP contribution in [0.5, 0.6) is 5.75 Å². The van der Waals surface area contributed by atoms with Crippen LogP contribution in [0.3, 0.4) is 0 Å². The second-order valence-electron chi connectivity index (χ2n) is 7.60. The molecule has 1 fully saturated rings. The van der Waals surface area contributed by atoms with Crippen molar-refractivity contribution in [3.05, 3.63) is 83.3 Å². The Morgan fingerprint density at radius 3 is 2.72 bits per heavy atom. The van der Waals surface area contributed by atoms with Gasteiger partial charge in [0.1, 0.15) is 18.1 Å². The number of nitrogens with one attached hydrogen (secondary N) is 1. The zero-order valence-electron chi connectivity index (χ0n) is 17.2. The van der Waals surface area contributed by atoms with Gasteiger partial charge in [-0.15, -0.1) is 0 Å². The molecule has 1 unspecified atom stereocenters. The fourth-order valence-corrected chi connectivity index (χ4v) is 3.60. The molecule has 0 bridgehead atoms. The summed E-state index contributed by atoms with van der Waals surface area (Å²) in [6.07, 6.45) is 0.834. The number of benzene rings is 2. The number of carbonyl (C=O) groups is 1. The van der Waals surface area contributed by atoms with E-state index in [1.165, 1.54) is 6.07 Å². The lowest BCUT2D eigenvalue weighted by molar-refractivity contribution is 0.0916. The average Bonchev–Trinajstić information content (AvgIpc) is 3.48. The van der Waals surface area contributed by atoms with Gasteiger partial charge < -0.3 is 19.4 Å². The summed E-state index contributed by atoms with van der Waals surface area (Å²) in [5.41, 5.74) is 1.18. The molecule has 1 N–H and O–H groups in total. The first-order valence-corrected chi connectivity index (χ1v) is 10.2. The van der Waals surface area contributed by atoms with Gasteiger partial charge in [-0.05, 0) is 60.9 Å². The number of rotatable bonds is 7. The van der Waals surface area contributed by atoms with Crippen LogP contribution in [0, 0.1) is 28.9 Å². The maximum atomic E-state index is 13.5. The first kappa shape index (κ1) is 21.4. The molecule has 1 aromatic heterocycles. The number of furan rings is 1. The Morgan fingerprint density at radius 2 is 1.97 bits per heavy atom. The lowest BCUT2D eigenvalue weighted by atomic mass is 10.1. The Labute approximate surface area is 184 Å². The lowest BCUT2D eigenvalue weighted by Crippen LogP contribution is -2.30. The number of amides is 1. The number of nitriles is 1. The zero-order valence-corrected chi connectivity index (χ0v) is 17.2. The first-order valence-electron chi connectivity index (χ1n) is 10.2. The highest BCUT2D eigenvalue weighted by molar-refractivity contribution is 5.91. The van der Waals surface area contributed by atoms with Crippen molar-refractivity contribution >= 4 is 11.6 Å². The monoisotopic (exact) mass is 437 g/mol. The largest absolute Gasteiger partial charge is 0.486 e. The van der Waals surface area contributed by atoms with E-state index >= 15 is 0 Å². The molecule has 3 aromatic rings. The van der Waals surface area contributed by atoms with Gasteiger partial charge in [0.25, 0.3) is 5.91 Å². The molecule has 2 heterocycles. The van der Waals surface area contributed by atoms with Crippen LogP contribution >= 0.6 is 0 Å². The fourth-order valence-electron chi connectivity index (χ4n) is 3.60. The van der Waals surface area contributed by atoms with Gasteiger partial charge in [-0.2, -0.15) is 5.26 Å². The number of halogens is 2. The molecule has 32 heavy (non-hydrogen) atoms. The van der Waals surface area contributed by atoms with Crippen LogP contribution in [0.2, 0.25) is 0 Å². The van der Waals surface area contributed by atoms with Crippen LogP contribution in [0.15, 0.2) is 59.0 Å². The number of nitrogens with zero attached hydrogens (tertiary/aromatic N) is 2. The summed E-state index contributed by atoms with van der Waals surface area (Å²) in [5, 5.41) is 11.7. The molecule has 0 aliphatic carbocycles. The van der Waals surface area contributed by atoms with Gasteiger partial charge in [-0.1, -0.05) is 0 Å². The molecule has 4 rings (SSSR count). The summed E-state index contributed by atoms with van der Waals surface area (Å²) < 4.78 is 37.8. The molecule has 1 saturated heterocycles. The highest BCUT2D eigenvalue weighted by Gasteiger charge is 2.24. The second-order valence-corrected chi connectivity index (χ2v) is 7.60. The van der Waals surface area contributed by atoms with E-state index in [0.29, 0.717) is 42.4 Å². The van der Waals surface area contributed by atoms with E-state index in [1.807, 2.05) is 11.0 Å². The van der Waals surface area contributed by atoms with E-state index < -0.39 is 11.6 Å². The number of hydrogen-bond acceptors (Lipinski definition) is 5. The number of anilines is 1. The Hall–Kier alpha value is -3.86. The van der Waals surface area contributed by atoms with E-state index in [1.54, 1.807) is 42.5 Å². The number of ether oxygens (including phenoxy) is 1. The van der Waals surface area contributed by atoms with Gasteiger partial charge in [-0.3, -0.25) is 4.79 Å². The summed E-state index contributed by atoms with van der Waals surface area (Å²) in [6, 6.07) is 15.9. The molecule has 1 aliphatic heterocycles. The molecule has 0 saturated carbocycles. The Kier molecular flexibility index (Phi) is 6.36. The minimum Gasteiger partial charge on any atom is -0.486 e. The molecular weight excluding hydrogens is 416 g/mol. The predicted molar refractivity (Wildman–Crippen MR) is 113 cm³/mol. The van der Waals surface area contributed by atoms with Crippen molar-refractivity contribution in [2.24, 2.45) is 5.92 Å². The second kappa shape index (κ2) is 9.52. The third-order valence-electron chi connectivity index (χ3n) is 5.36. The minimum absolute atomic E-state index is 0.158. The molecule has 1 aliphatic rings. The van der Waals surface area contributed by atoms with Gasteiger partial charge in [0.05, 0.1) is 11.6 Å². The van der Waals surface area contributed by atoms with E-state index in [4.69, 9.17) is 14.4 Å². The molecule has 0 radical (unpaired) electrons. The Morgan fingerprint density at radius 1 is 1.16 bits per heavy atom. The number of carbonyl (C=O) groups excluding carboxylic acids is 1. The third-order valence-corrected chi connectivity index (χ3v) is 5.36. The number of hydrogen-bond donors (Lipinski definition) is 1. The van der Waals surface area contributed by atoms with Crippen LogP contribution in [-0.4, -0.2) is 25.5 Å². The van der Waals surface area contributed by atoms with Gasteiger partial charge in [0.2, 0.25) is 0 Å². The maximum absolute atomic E-state index is 13.5. The van der Waals surface area contributed by atoms with Crippen LogP contribution in [-0.2, 0) is 6.61 Å². The highest BCUT2D eigenvalue weighted by atomic mass is 19.2. The van der Waals surface area contributed by atoms with Crippen LogP contribution in [0.4, 0.5) is 14.5 Å². The van der Waals surface area contributed by atoms with Gasteiger partial charge in [-0.25, -0.2) is 8.78 Å². The van der Waals surface area contributed by atoms with Crippen molar-refractivity contribution in [1.29, 1.82) is 5.26 Å². The normalized spacial score (nSPS) is 15.4. The lowest BCUT2D eigenvalue weighted by Gasteiger charge is -2.19. The standard InChI is InChI=1S/C24H21F2N3O3/c25-21-7-3-18(11-22(21)26)29-10-9-17(14-29)13-28-24(30)23-8-6-20(32-23)15-31-19-4-1-16(12-27)2-5-19/h1-8,11,17H,9-10,13-15H2,(H,28,30).